The third-order valence-corrected chi connectivity index (χ3v) is 10.0. The van der Waals surface area contributed by atoms with Crippen LogP contribution in [0.3, 0.4) is 0 Å². The number of benzene rings is 1. The van der Waals surface area contributed by atoms with Crippen molar-refractivity contribution in [2.45, 2.75) is 71.1 Å². The zero-order valence-corrected chi connectivity index (χ0v) is 25.8. The zero-order chi connectivity index (χ0) is 28.6. The molecule has 4 nitrogen and oxygen atoms in total. The van der Waals surface area contributed by atoms with Crippen molar-refractivity contribution in [3.8, 4) is 11.3 Å². The minimum Gasteiger partial charge on any atom is -0.442 e. The third kappa shape index (κ3) is 5.37. The lowest BCUT2D eigenvalue weighted by Gasteiger charge is -2.32. The molecule has 1 aromatic heterocycles. The Morgan fingerprint density at radius 1 is 1.21 bits per heavy atom. The molecule has 2 atom stereocenters. The highest BCUT2D eigenvalue weighted by molar-refractivity contribution is 6.89. The van der Waals surface area contributed by atoms with E-state index in [4.69, 9.17) is 9.73 Å². The van der Waals surface area contributed by atoms with E-state index in [1.165, 1.54) is 33.1 Å². The van der Waals surface area contributed by atoms with Crippen molar-refractivity contribution in [1.82, 2.24) is 5.32 Å². The Balaban J connectivity index is 1.97. The van der Waals surface area contributed by atoms with Gasteiger partial charge in [-0.05, 0) is 55.5 Å². The highest BCUT2D eigenvalue weighted by atomic mass is 28.3. The first-order valence-corrected chi connectivity index (χ1v) is 17.4. The molecule has 0 bridgehead atoms. The maximum atomic E-state index is 5.92. The quantitative estimate of drug-likeness (QED) is 0.226. The number of nitrogens with one attached hydrogen (secondary N) is 1. The van der Waals surface area contributed by atoms with Crippen LogP contribution in [-0.2, 0) is 4.74 Å². The van der Waals surface area contributed by atoms with Crippen molar-refractivity contribution >= 4 is 19.0 Å². The van der Waals surface area contributed by atoms with E-state index in [0.717, 1.165) is 29.8 Å². The Morgan fingerprint density at radius 2 is 1.90 bits per heavy atom. The highest BCUT2D eigenvalue weighted by Gasteiger charge is 2.44. The molecule has 4 rings (SSSR count). The number of aromatic nitrogens is 1. The molecule has 0 saturated carbocycles. The zero-order valence-electron chi connectivity index (χ0n) is 24.8. The number of hydrogen-bond acceptors (Lipinski definition) is 3. The minimum atomic E-state index is -1.63. The smallest absolute Gasteiger partial charge is 0.213 e. The number of pyridine rings is 1. The van der Waals surface area contributed by atoms with Gasteiger partial charge in [-0.3, -0.25) is 0 Å². The van der Waals surface area contributed by atoms with E-state index in [-0.39, 0.29) is 12.0 Å². The highest BCUT2D eigenvalue weighted by Crippen LogP contribution is 2.45. The summed E-state index contributed by atoms with van der Waals surface area (Å²) in [5, 5.41) is 4.44. The van der Waals surface area contributed by atoms with Crippen molar-refractivity contribution in [1.29, 1.82) is 0 Å². The number of ether oxygens (including phenoxy) is 1. The van der Waals surface area contributed by atoms with Gasteiger partial charge in [0.25, 0.3) is 0 Å². The van der Waals surface area contributed by atoms with Crippen LogP contribution in [0.4, 0.5) is 0 Å². The van der Waals surface area contributed by atoms with Gasteiger partial charge in [0.1, 0.15) is 11.5 Å². The van der Waals surface area contributed by atoms with E-state index >= 15 is 0 Å². The van der Waals surface area contributed by atoms with Crippen LogP contribution >= 0.6 is 0 Å². The number of allylic oxidation sites excluding steroid dienone is 4. The van der Waals surface area contributed by atoms with Gasteiger partial charge < -0.3 is 10.1 Å². The normalized spacial score (nSPS) is 22.3. The fraction of sp³-hybridized carbons (Fsp3) is 0.353. The topological polar surface area (TPSA) is 37.5 Å². The second kappa shape index (κ2) is 11.0. The van der Waals surface area contributed by atoms with Crippen LogP contribution in [0.25, 0.3) is 11.3 Å². The van der Waals surface area contributed by atoms with Crippen LogP contribution < -0.4 is 15.1 Å². The average molecular weight is 539 g/mol. The van der Waals surface area contributed by atoms with Gasteiger partial charge in [0.05, 0.1) is 19.7 Å². The summed E-state index contributed by atoms with van der Waals surface area (Å²) in [5.41, 5.74) is 8.97. The first kappa shape index (κ1) is 28.6. The van der Waals surface area contributed by atoms with E-state index in [1.54, 1.807) is 13.1 Å². The molecule has 39 heavy (non-hydrogen) atoms. The summed E-state index contributed by atoms with van der Waals surface area (Å²) in [6.45, 7) is 30.9. The number of aliphatic imine (C=N–C) groups is 1. The Kier molecular flexibility index (Phi) is 8.03. The largest absolute Gasteiger partial charge is 0.442 e. The van der Waals surface area contributed by atoms with Crippen molar-refractivity contribution in [3.63, 3.8) is 0 Å². The molecule has 3 heterocycles. The maximum Gasteiger partial charge on any atom is 0.213 e. The average Bonchev–Trinajstić information content (AvgIpc) is 2.94. The lowest BCUT2D eigenvalue weighted by Crippen LogP contribution is -2.54. The predicted octanol–water partition coefficient (Wildman–Crippen LogP) is 7.42. The molecule has 0 radical (unpaired) electrons. The lowest BCUT2D eigenvalue weighted by atomic mass is 9.78. The SMILES string of the molecule is C=CC1=N\C(=C)C2C(CC/C(C)=C\1C(=C)OC(=C)NC)c1ccccc1-c1cc(C(C)C)c([Si](C)(C)C)c[n+]12. The van der Waals surface area contributed by atoms with E-state index in [9.17, 15) is 0 Å². The van der Waals surface area contributed by atoms with Gasteiger partial charge in [-0.25, -0.2) is 4.99 Å². The van der Waals surface area contributed by atoms with E-state index in [1.807, 2.05) is 0 Å². The number of hydrogen-bond donors (Lipinski definition) is 1. The molecule has 204 valence electrons. The Hall–Kier alpha value is -3.44. The predicted molar refractivity (Wildman–Crippen MR) is 168 cm³/mol. The van der Waals surface area contributed by atoms with Crippen LogP contribution in [-0.4, -0.2) is 20.8 Å². The van der Waals surface area contributed by atoms with E-state index in [2.05, 4.69) is 113 Å². The van der Waals surface area contributed by atoms with Gasteiger partial charge in [-0.1, -0.05) is 77.0 Å². The van der Waals surface area contributed by atoms with Gasteiger partial charge in [-0.15, -0.1) is 0 Å². The Morgan fingerprint density at radius 3 is 2.51 bits per heavy atom. The van der Waals surface area contributed by atoms with Crippen LogP contribution in [0.15, 0.2) is 102 Å². The fourth-order valence-electron chi connectivity index (χ4n) is 6.03. The van der Waals surface area contributed by atoms with Crippen molar-refractivity contribution < 1.29 is 9.30 Å². The minimum absolute atomic E-state index is 0.00484. The van der Waals surface area contributed by atoms with Gasteiger partial charge >= 0.3 is 0 Å². The van der Waals surface area contributed by atoms with E-state index < -0.39 is 8.07 Å². The molecule has 1 aromatic carbocycles. The van der Waals surface area contributed by atoms with Gasteiger partial charge in [0.2, 0.25) is 11.7 Å². The van der Waals surface area contributed by atoms with Crippen LogP contribution in [0.5, 0.6) is 0 Å². The Bertz CT molecular complexity index is 1420. The van der Waals surface area contributed by atoms with Crippen LogP contribution in [0, 0.1) is 0 Å². The van der Waals surface area contributed by atoms with Gasteiger partial charge in [0.15, 0.2) is 12.1 Å². The molecule has 0 aliphatic carbocycles. The molecule has 2 aliphatic heterocycles. The summed E-state index contributed by atoms with van der Waals surface area (Å²) in [5.74, 6) is 1.63. The first-order chi connectivity index (χ1) is 18.4. The van der Waals surface area contributed by atoms with Crippen LogP contribution in [0.2, 0.25) is 19.6 Å². The number of rotatable bonds is 7. The standard InChI is InChI=1S/C34H44N3OSi/c1-12-30-33(24(6)38-25(7)35-8)22(4)17-18-28-26-15-13-14-16-27(26)31-19-29(21(2)3)32(39(9,10)11)20-37(31)34(28)23(5)36-30/h12-16,19-21,28,34-35H,1,5-7,17-18H2,2-4,8-11H3/q+1/b33-22-,36-30+. The molecule has 2 unspecified atom stereocenters. The summed E-state index contributed by atoms with van der Waals surface area (Å²) in [6.07, 6.45) is 6.06. The molecule has 0 saturated heterocycles. The molecule has 0 amide bonds. The fourth-order valence-corrected chi connectivity index (χ4v) is 7.78. The summed E-state index contributed by atoms with van der Waals surface area (Å²) in [4.78, 5) is 5.15. The van der Waals surface area contributed by atoms with Crippen molar-refractivity contribution in [2.75, 3.05) is 7.05 Å². The molecular weight excluding hydrogens is 494 g/mol. The summed E-state index contributed by atoms with van der Waals surface area (Å²) in [6, 6.07) is 11.3. The second-order valence-electron chi connectivity index (χ2n) is 12.1. The second-order valence-corrected chi connectivity index (χ2v) is 17.1. The summed E-state index contributed by atoms with van der Waals surface area (Å²) in [7, 11) is 0.146. The molecule has 5 heteroatoms. The first-order valence-electron chi connectivity index (χ1n) is 13.9. The number of nitrogens with zero attached hydrogens (tertiary/aromatic N) is 2. The monoisotopic (exact) mass is 538 g/mol. The molecule has 2 aromatic rings. The van der Waals surface area contributed by atoms with Gasteiger partial charge in [-0.2, -0.15) is 4.57 Å². The van der Waals surface area contributed by atoms with E-state index in [0.29, 0.717) is 17.6 Å². The lowest BCUT2D eigenvalue weighted by molar-refractivity contribution is -0.708. The Labute approximate surface area is 236 Å². The summed E-state index contributed by atoms with van der Waals surface area (Å²) < 4.78 is 8.40. The third-order valence-electron chi connectivity index (χ3n) is 8.01. The molecule has 0 spiro atoms. The molecular formula is C34H44N3OSi+. The van der Waals surface area contributed by atoms with Gasteiger partial charge in [0, 0.05) is 29.4 Å². The maximum absolute atomic E-state index is 5.92. The van der Waals surface area contributed by atoms with Crippen molar-refractivity contribution in [3.05, 3.63) is 109 Å². The summed E-state index contributed by atoms with van der Waals surface area (Å²) >= 11 is 0. The molecule has 2 aliphatic rings. The van der Waals surface area contributed by atoms with Crippen molar-refractivity contribution in [2.24, 2.45) is 4.99 Å². The van der Waals surface area contributed by atoms with Crippen LogP contribution in [0.1, 0.15) is 62.6 Å². The molecule has 1 N–H and O–H groups in total. The molecule has 0 fully saturated rings. The number of fused-ring (bicyclic) bond motifs is 6.